The molecule has 1 heterocycles. The van der Waals surface area contributed by atoms with Crippen LogP contribution in [0.3, 0.4) is 0 Å². The van der Waals surface area contributed by atoms with E-state index in [1.54, 1.807) is 0 Å². The smallest absolute Gasteiger partial charge is 0.223 e. The zero-order chi connectivity index (χ0) is 10.5. The molecule has 2 fully saturated rings. The van der Waals surface area contributed by atoms with E-state index in [9.17, 15) is 4.79 Å². The highest BCUT2D eigenvalue weighted by atomic mass is 35.5. The molecule has 2 aliphatic rings. The van der Waals surface area contributed by atoms with Crippen molar-refractivity contribution in [3.8, 4) is 0 Å². The van der Waals surface area contributed by atoms with E-state index < -0.39 is 0 Å². The van der Waals surface area contributed by atoms with Crippen molar-refractivity contribution in [3.63, 3.8) is 0 Å². The molecular weight excluding hydrogens is 224 g/mol. The van der Waals surface area contributed by atoms with Crippen molar-refractivity contribution < 1.29 is 4.79 Å². The van der Waals surface area contributed by atoms with E-state index in [1.165, 1.54) is 25.7 Å². The van der Waals surface area contributed by atoms with E-state index in [2.05, 4.69) is 10.6 Å². The van der Waals surface area contributed by atoms with E-state index in [-0.39, 0.29) is 12.4 Å². The fraction of sp³-hybridized carbons (Fsp3) is 0.917. The van der Waals surface area contributed by atoms with Crippen LogP contribution in [0.4, 0.5) is 0 Å². The second-order valence-corrected chi connectivity index (χ2v) is 4.92. The zero-order valence-electron chi connectivity index (χ0n) is 9.84. The number of halogens is 1. The molecule has 4 heteroatoms. The molecule has 94 valence electrons. The maximum Gasteiger partial charge on any atom is 0.223 e. The molecule has 0 aromatic heterocycles. The standard InChI is InChI=1S/C12H22N2O.ClH/c15-12(11-3-1-2-4-11)14-9-10-5-7-13-8-6-10;/h10-11,13H,1-9H2,(H,14,15);1H. The third kappa shape index (κ3) is 3.95. The Labute approximate surface area is 104 Å². The van der Waals surface area contributed by atoms with Gasteiger partial charge in [0.2, 0.25) is 5.91 Å². The zero-order valence-corrected chi connectivity index (χ0v) is 10.7. The number of amides is 1. The Morgan fingerprint density at radius 3 is 2.38 bits per heavy atom. The second-order valence-electron chi connectivity index (χ2n) is 4.92. The molecule has 2 rings (SSSR count). The first-order chi connectivity index (χ1) is 7.36. The lowest BCUT2D eigenvalue weighted by Crippen LogP contribution is -2.37. The third-order valence-corrected chi connectivity index (χ3v) is 3.75. The van der Waals surface area contributed by atoms with Gasteiger partial charge < -0.3 is 10.6 Å². The summed E-state index contributed by atoms with van der Waals surface area (Å²) in [4.78, 5) is 11.8. The van der Waals surface area contributed by atoms with Crippen molar-refractivity contribution in [1.29, 1.82) is 0 Å². The normalized spacial score (nSPS) is 22.8. The number of hydrogen-bond acceptors (Lipinski definition) is 2. The molecule has 0 bridgehead atoms. The van der Waals surface area contributed by atoms with Gasteiger partial charge in [0.05, 0.1) is 0 Å². The fourth-order valence-electron chi connectivity index (χ4n) is 2.66. The number of rotatable bonds is 3. The molecule has 3 nitrogen and oxygen atoms in total. The number of carbonyl (C=O) groups excluding carboxylic acids is 1. The molecule has 0 unspecified atom stereocenters. The Morgan fingerprint density at radius 2 is 1.75 bits per heavy atom. The Kier molecular flexibility index (Phi) is 6.14. The van der Waals surface area contributed by atoms with Gasteiger partial charge in [-0.05, 0) is 44.7 Å². The van der Waals surface area contributed by atoms with Crippen LogP contribution < -0.4 is 10.6 Å². The average molecular weight is 247 g/mol. The summed E-state index contributed by atoms with van der Waals surface area (Å²) < 4.78 is 0. The van der Waals surface area contributed by atoms with Crippen LogP contribution in [0.5, 0.6) is 0 Å². The summed E-state index contributed by atoms with van der Waals surface area (Å²) in [7, 11) is 0. The van der Waals surface area contributed by atoms with E-state index in [0.29, 0.717) is 17.7 Å². The summed E-state index contributed by atoms with van der Waals surface area (Å²) in [5, 5.41) is 6.47. The van der Waals surface area contributed by atoms with Gasteiger partial charge in [0, 0.05) is 12.5 Å². The van der Waals surface area contributed by atoms with Crippen LogP contribution in [-0.2, 0) is 4.79 Å². The van der Waals surface area contributed by atoms with Crippen molar-refractivity contribution in [2.45, 2.75) is 38.5 Å². The molecule has 1 aliphatic heterocycles. The average Bonchev–Trinajstić information content (AvgIpc) is 2.81. The van der Waals surface area contributed by atoms with Gasteiger partial charge in [0.25, 0.3) is 0 Å². The number of piperidine rings is 1. The minimum absolute atomic E-state index is 0. The number of nitrogens with one attached hydrogen (secondary N) is 2. The van der Waals surface area contributed by atoms with Crippen molar-refractivity contribution in [1.82, 2.24) is 10.6 Å². The van der Waals surface area contributed by atoms with Crippen LogP contribution in [0.2, 0.25) is 0 Å². The third-order valence-electron chi connectivity index (χ3n) is 3.75. The quantitative estimate of drug-likeness (QED) is 0.796. The first-order valence-electron chi connectivity index (χ1n) is 6.34. The Hall–Kier alpha value is -0.280. The highest BCUT2D eigenvalue weighted by Crippen LogP contribution is 2.24. The largest absolute Gasteiger partial charge is 0.356 e. The predicted octanol–water partition coefficient (Wildman–Crippen LogP) is 1.71. The Morgan fingerprint density at radius 1 is 1.12 bits per heavy atom. The van der Waals surface area contributed by atoms with Gasteiger partial charge in [-0.2, -0.15) is 0 Å². The molecule has 1 saturated carbocycles. The summed E-state index contributed by atoms with van der Waals surface area (Å²) in [5.74, 6) is 1.34. The van der Waals surface area contributed by atoms with E-state index in [1.807, 2.05) is 0 Å². The minimum Gasteiger partial charge on any atom is -0.356 e. The lowest BCUT2D eigenvalue weighted by molar-refractivity contribution is -0.125. The fourth-order valence-corrected chi connectivity index (χ4v) is 2.66. The summed E-state index contributed by atoms with van der Waals surface area (Å²) in [5.41, 5.74) is 0. The first kappa shape index (κ1) is 13.8. The van der Waals surface area contributed by atoms with Crippen LogP contribution >= 0.6 is 12.4 Å². The van der Waals surface area contributed by atoms with E-state index >= 15 is 0 Å². The Bertz CT molecular complexity index is 211. The van der Waals surface area contributed by atoms with Gasteiger partial charge in [0.1, 0.15) is 0 Å². The van der Waals surface area contributed by atoms with Gasteiger partial charge >= 0.3 is 0 Å². The van der Waals surface area contributed by atoms with Crippen molar-refractivity contribution in [2.24, 2.45) is 11.8 Å². The highest BCUT2D eigenvalue weighted by Gasteiger charge is 2.23. The summed E-state index contributed by atoms with van der Waals surface area (Å²) >= 11 is 0. The van der Waals surface area contributed by atoms with Crippen molar-refractivity contribution in [2.75, 3.05) is 19.6 Å². The molecule has 2 N–H and O–H groups in total. The van der Waals surface area contributed by atoms with Crippen molar-refractivity contribution >= 4 is 18.3 Å². The maximum atomic E-state index is 11.8. The van der Waals surface area contributed by atoms with Gasteiger partial charge in [0.15, 0.2) is 0 Å². The monoisotopic (exact) mass is 246 g/mol. The maximum absolute atomic E-state index is 11.8. The lowest BCUT2D eigenvalue weighted by atomic mass is 9.98. The second kappa shape index (κ2) is 7.13. The minimum atomic E-state index is 0. The molecule has 0 spiro atoms. The molecule has 0 aromatic carbocycles. The molecule has 0 atom stereocenters. The molecule has 0 radical (unpaired) electrons. The topological polar surface area (TPSA) is 41.1 Å². The van der Waals surface area contributed by atoms with Crippen LogP contribution in [0.1, 0.15) is 38.5 Å². The predicted molar refractivity (Wildman–Crippen MR) is 67.8 cm³/mol. The number of carbonyl (C=O) groups is 1. The van der Waals surface area contributed by atoms with Gasteiger partial charge in [-0.1, -0.05) is 12.8 Å². The SMILES string of the molecule is Cl.O=C(NCC1CCNCC1)C1CCCC1. The van der Waals surface area contributed by atoms with Crippen molar-refractivity contribution in [3.05, 3.63) is 0 Å². The van der Waals surface area contributed by atoms with Gasteiger partial charge in [-0.3, -0.25) is 4.79 Å². The van der Waals surface area contributed by atoms with Crippen LogP contribution in [0.15, 0.2) is 0 Å². The molecule has 1 saturated heterocycles. The van der Waals surface area contributed by atoms with E-state index in [0.717, 1.165) is 32.5 Å². The molecular formula is C12H23ClN2O. The molecule has 0 aromatic rings. The Balaban J connectivity index is 0.00000128. The molecule has 1 aliphatic carbocycles. The molecule has 16 heavy (non-hydrogen) atoms. The van der Waals surface area contributed by atoms with Gasteiger partial charge in [-0.25, -0.2) is 0 Å². The summed E-state index contributed by atoms with van der Waals surface area (Å²) in [6, 6.07) is 0. The van der Waals surface area contributed by atoms with Crippen LogP contribution in [0, 0.1) is 11.8 Å². The highest BCUT2D eigenvalue weighted by molar-refractivity contribution is 5.85. The van der Waals surface area contributed by atoms with Gasteiger partial charge in [-0.15, -0.1) is 12.4 Å². The summed E-state index contributed by atoms with van der Waals surface area (Å²) in [6.07, 6.45) is 7.13. The van der Waals surface area contributed by atoms with E-state index in [4.69, 9.17) is 0 Å². The lowest BCUT2D eigenvalue weighted by Gasteiger charge is -2.23. The number of hydrogen-bond donors (Lipinski definition) is 2. The molecule has 1 amide bonds. The summed E-state index contributed by atoms with van der Waals surface area (Å²) in [6.45, 7) is 3.13. The van der Waals surface area contributed by atoms with Crippen LogP contribution in [-0.4, -0.2) is 25.5 Å². The van der Waals surface area contributed by atoms with Crippen LogP contribution in [0.25, 0.3) is 0 Å². The first-order valence-corrected chi connectivity index (χ1v) is 6.34.